The summed E-state index contributed by atoms with van der Waals surface area (Å²) >= 11 is 0. The van der Waals surface area contributed by atoms with Crippen LogP contribution >= 0.6 is 0 Å². The largest absolute Gasteiger partial charge is 0.489 e. The first-order valence-electron chi connectivity index (χ1n) is 13.0. The Kier molecular flexibility index (Phi) is 4.88. The number of morpholine rings is 1. The zero-order valence-electron chi connectivity index (χ0n) is 22.0. The quantitative estimate of drug-likeness (QED) is 0.672. The number of piperidine rings is 1. The number of fused-ring (bicyclic) bond motifs is 1. The van der Waals surface area contributed by atoms with Crippen molar-refractivity contribution in [3.8, 4) is 5.75 Å². The number of rotatable bonds is 6. The van der Waals surface area contributed by atoms with Crippen molar-refractivity contribution in [2.24, 2.45) is 0 Å². The van der Waals surface area contributed by atoms with Crippen LogP contribution in [0.5, 0.6) is 5.75 Å². The lowest BCUT2D eigenvalue weighted by Gasteiger charge is -2.29. The number of hydrogen-bond acceptors (Lipinski definition) is 6. The summed E-state index contributed by atoms with van der Waals surface area (Å²) in [6, 6.07) is 10.1. The number of nitrogens with zero attached hydrogens (tertiary/aromatic N) is 2. The molecule has 8 heteroatoms. The highest BCUT2D eigenvalue weighted by molar-refractivity contribution is 6.05. The monoisotopic (exact) mass is 453 g/mol. The molecule has 1 unspecified atom stereocenters. The predicted molar refractivity (Wildman–Crippen MR) is 119 cm³/mol. The van der Waals surface area contributed by atoms with E-state index in [0.717, 1.165) is 30.1 Å². The maximum absolute atomic E-state index is 13.2. The standard InChI is InChI=1S/C25H27N3O5/c29-23-9-8-21(24(30)26-23)28-15-20-19(25(28)31)2-1-3-22(20)33-16-18-6-4-17(5-7-18)14-27-10-12-32-13-11-27/h1-7,21H,8-16H2,(H,26,29,30)/i15D2,16D2. The Labute approximate surface area is 198 Å². The molecule has 2 aromatic rings. The molecule has 3 aliphatic rings. The molecule has 2 fully saturated rings. The molecule has 0 spiro atoms. The highest BCUT2D eigenvalue weighted by Gasteiger charge is 2.40. The van der Waals surface area contributed by atoms with Crippen molar-refractivity contribution in [3.63, 3.8) is 0 Å². The Balaban J connectivity index is 1.38. The van der Waals surface area contributed by atoms with Crippen molar-refractivity contribution in [1.29, 1.82) is 0 Å². The second-order valence-corrected chi connectivity index (χ2v) is 8.22. The van der Waals surface area contributed by atoms with Gasteiger partial charge in [-0.3, -0.25) is 24.6 Å². The second-order valence-electron chi connectivity index (χ2n) is 8.22. The van der Waals surface area contributed by atoms with E-state index >= 15 is 0 Å². The summed E-state index contributed by atoms with van der Waals surface area (Å²) in [7, 11) is 0. The molecule has 0 bridgehead atoms. The third kappa shape index (κ3) is 4.62. The molecule has 0 saturated carbocycles. The summed E-state index contributed by atoms with van der Waals surface area (Å²) < 4.78 is 45.7. The molecule has 1 N–H and O–H groups in total. The summed E-state index contributed by atoms with van der Waals surface area (Å²) in [6.07, 6.45) is -0.0161. The molecule has 1 atom stereocenters. The van der Waals surface area contributed by atoms with E-state index in [1.807, 2.05) is 12.1 Å². The number of carbonyl (C=O) groups excluding carboxylic acids is 3. The third-order valence-corrected chi connectivity index (χ3v) is 5.97. The van der Waals surface area contributed by atoms with Crippen LogP contribution in [0.1, 0.15) is 45.4 Å². The molecule has 8 nitrogen and oxygen atoms in total. The normalized spacial score (nSPS) is 24.9. The molecule has 0 radical (unpaired) electrons. The van der Waals surface area contributed by atoms with Crippen LogP contribution in [0.3, 0.4) is 0 Å². The van der Waals surface area contributed by atoms with Gasteiger partial charge in [-0.15, -0.1) is 0 Å². The summed E-state index contributed by atoms with van der Waals surface area (Å²) in [4.78, 5) is 40.3. The molecule has 5 rings (SSSR count). The third-order valence-electron chi connectivity index (χ3n) is 5.97. The van der Waals surface area contributed by atoms with Crippen LogP contribution in [-0.4, -0.2) is 59.9 Å². The van der Waals surface area contributed by atoms with Crippen LogP contribution in [0, 0.1) is 0 Å². The van der Waals surface area contributed by atoms with Crippen molar-refractivity contribution in [3.05, 3.63) is 64.7 Å². The summed E-state index contributed by atoms with van der Waals surface area (Å²) in [5.74, 6) is -2.06. The van der Waals surface area contributed by atoms with Crippen LogP contribution in [-0.2, 0) is 33.9 Å². The minimum atomic E-state index is -2.45. The van der Waals surface area contributed by atoms with Crippen molar-refractivity contribution in [2.75, 3.05) is 26.3 Å². The van der Waals surface area contributed by atoms with Crippen LogP contribution in [0.15, 0.2) is 42.5 Å². The Bertz CT molecular complexity index is 1230. The first-order valence-corrected chi connectivity index (χ1v) is 11.0. The number of hydrogen-bond donors (Lipinski definition) is 1. The molecule has 2 saturated heterocycles. The van der Waals surface area contributed by atoms with E-state index < -0.39 is 36.8 Å². The Morgan fingerprint density at radius 3 is 2.61 bits per heavy atom. The van der Waals surface area contributed by atoms with Gasteiger partial charge in [-0.2, -0.15) is 0 Å². The summed E-state index contributed by atoms with van der Waals surface area (Å²) in [5, 5.41) is 2.16. The SMILES string of the molecule is [2H]C([2H])(Oc1cccc2c1C([2H])([2H])N(C1CCC(=O)NC1=O)C2=O)c1ccc(CN2CCOCC2)cc1. The maximum atomic E-state index is 13.2. The van der Waals surface area contributed by atoms with Gasteiger partial charge in [0.15, 0.2) is 0 Å². The fourth-order valence-corrected chi connectivity index (χ4v) is 4.17. The number of carbonyl (C=O) groups is 3. The minimum Gasteiger partial charge on any atom is -0.489 e. The lowest BCUT2D eigenvalue weighted by molar-refractivity contribution is -0.136. The number of benzene rings is 2. The zero-order valence-corrected chi connectivity index (χ0v) is 18.0. The Morgan fingerprint density at radius 1 is 1.09 bits per heavy atom. The molecule has 33 heavy (non-hydrogen) atoms. The van der Waals surface area contributed by atoms with E-state index in [1.54, 1.807) is 12.1 Å². The lowest BCUT2D eigenvalue weighted by atomic mass is 10.0. The number of nitrogens with one attached hydrogen (secondary N) is 1. The topological polar surface area (TPSA) is 88.2 Å². The molecule has 0 aromatic heterocycles. The van der Waals surface area contributed by atoms with Crippen molar-refractivity contribution < 1.29 is 29.3 Å². The van der Waals surface area contributed by atoms with E-state index in [1.165, 1.54) is 18.2 Å². The van der Waals surface area contributed by atoms with E-state index in [4.69, 9.17) is 15.0 Å². The fraction of sp³-hybridized carbons (Fsp3) is 0.400. The Morgan fingerprint density at radius 2 is 1.85 bits per heavy atom. The molecule has 0 aliphatic carbocycles. The molecular formula is C25H27N3O5. The number of ether oxygens (including phenoxy) is 2. The molecule has 3 aliphatic heterocycles. The smallest absolute Gasteiger partial charge is 0.255 e. The van der Waals surface area contributed by atoms with E-state index in [0.29, 0.717) is 13.2 Å². The van der Waals surface area contributed by atoms with Gasteiger partial charge in [0, 0.05) is 37.2 Å². The maximum Gasteiger partial charge on any atom is 0.255 e. The van der Waals surface area contributed by atoms with Gasteiger partial charge in [0.1, 0.15) is 18.4 Å². The summed E-state index contributed by atoms with van der Waals surface area (Å²) in [5.41, 5.74) is 1.10. The highest BCUT2D eigenvalue weighted by Crippen LogP contribution is 2.34. The lowest BCUT2D eigenvalue weighted by Crippen LogP contribution is -2.52. The first-order chi connectivity index (χ1) is 17.6. The average Bonchev–Trinajstić information content (AvgIpc) is 3.06. The number of imide groups is 1. The second kappa shape index (κ2) is 9.33. The van der Waals surface area contributed by atoms with Gasteiger partial charge in [-0.1, -0.05) is 30.3 Å². The van der Waals surface area contributed by atoms with E-state index in [-0.39, 0.29) is 35.3 Å². The van der Waals surface area contributed by atoms with Gasteiger partial charge in [0.2, 0.25) is 11.8 Å². The molecule has 2 aromatic carbocycles. The number of amides is 3. The van der Waals surface area contributed by atoms with E-state index in [9.17, 15) is 14.4 Å². The van der Waals surface area contributed by atoms with Crippen LogP contribution in [0.25, 0.3) is 0 Å². The van der Waals surface area contributed by atoms with Crippen molar-refractivity contribution in [2.45, 2.75) is 38.5 Å². The highest BCUT2D eigenvalue weighted by atomic mass is 16.5. The predicted octanol–water partition coefficient (Wildman–Crippen LogP) is 1.86. The molecular weight excluding hydrogens is 422 g/mol. The van der Waals surface area contributed by atoms with Crippen LogP contribution in [0.4, 0.5) is 0 Å². The van der Waals surface area contributed by atoms with Gasteiger partial charge < -0.3 is 14.4 Å². The average molecular weight is 454 g/mol. The molecule has 3 heterocycles. The molecule has 3 amide bonds. The Hall–Kier alpha value is -3.23. The van der Waals surface area contributed by atoms with E-state index in [2.05, 4.69) is 10.2 Å². The first kappa shape index (κ1) is 17.3. The van der Waals surface area contributed by atoms with Gasteiger partial charge in [0.05, 0.1) is 25.2 Å². The van der Waals surface area contributed by atoms with Crippen molar-refractivity contribution >= 4 is 17.7 Å². The van der Waals surface area contributed by atoms with Crippen LogP contribution in [0.2, 0.25) is 0 Å². The van der Waals surface area contributed by atoms with Gasteiger partial charge in [0.25, 0.3) is 5.91 Å². The summed E-state index contributed by atoms with van der Waals surface area (Å²) in [6.45, 7) is -1.02. The zero-order chi connectivity index (χ0) is 26.4. The van der Waals surface area contributed by atoms with Gasteiger partial charge in [-0.05, 0) is 29.7 Å². The van der Waals surface area contributed by atoms with Gasteiger partial charge in [-0.25, -0.2) is 0 Å². The molecule has 172 valence electrons. The van der Waals surface area contributed by atoms with Crippen molar-refractivity contribution in [1.82, 2.24) is 15.1 Å². The van der Waals surface area contributed by atoms with Gasteiger partial charge >= 0.3 is 0 Å². The fourth-order valence-electron chi connectivity index (χ4n) is 4.17. The minimum absolute atomic E-state index is 0.00226. The van der Waals surface area contributed by atoms with Crippen LogP contribution < -0.4 is 10.1 Å².